The van der Waals surface area contributed by atoms with Crippen LogP contribution in [0.15, 0.2) is 54.6 Å². The van der Waals surface area contributed by atoms with Gasteiger partial charge in [-0.2, -0.15) is 0 Å². The highest BCUT2D eigenvalue weighted by Crippen LogP contribution is 2.14. The number of hydrogen-bond acceptors (Lipinski definition) is 2. The van der Waals surface area contributed by atoms with Gasteiger partial charge in [0, 0.05) is 19.0 Å². The Hall–Kier alpha value is -2.62. The van der Waals surface area contributed by atoms with Crippen LogP contribution < -0.4 is 5.32 Å². The second-order valence-electron chi connectivity index (χ2n) is 7.52. The molecule has 2 rings (SSSR count). The summed E-state index contributed by atoms with van der Waals surface area (Å²) in [7, 11) is 0. The highest BCUT2D eigenvalue weighted by Gasteiger charge is 2.26. The molecule has 0 fully saturated rings. The molecule has 1 N–H and O–H groups in total. The summed E-state index contributed by atoms with van der Waals surface area (Å²) in [5.74, 6) is -0.124. The van der Waals surface area contributed by atoms with E-state index in [4.69, 9.17) is 0 Å². The third-order valence-corrected chi connectivity index (χ3v) is 4.85. The van der Waals surface area contributed by atoms with E-state index in [-0.39, 0.29) is 17.9 Å². The van der Waals surface area contributed by atoms with Crippen LogP contribution in [0.5, 0.6) is 0 Å². The van der Waals surface area contributed by atoms with E-state index >= 15 is 0 Å². The van der Waals surface area contributed by atoms with Crippen LogP contribution in [0, 0.1) is 0 Å². The van der Waals surface area contributed by atoms with Crippen molar-refractivity contribution in [3.05, 3.63) is 71.3 Å². The van der Waals surface area contributed by atoms with E-state index in [1.54, 1.807) is 11.8 Å². The highest BCUT2D eigenvalue weighted by molar-refractivity contribution is 5.87. The number of aryl methyl sites for hydroxylation is 2. The second-order valence-corrected chi connectivity index (χ2v) is 7.52. The van der Waals surface area contributed by atoms with Gasteiger partial charge in [0.1, 0.15) is 6.04 Å². The normalized spacial score (nSPS) is 11.9. The molecule has 0 radical (unpaired) electrons. The van der Waals surface area contributed by atoms with Crippen LogP contribution in [0.2, 0.25) is 0 Å². The summed E-state index contributed by atoms with van der Waals surface area (Å²) in [4.78, 5) is 27.2. The molecule has 0 bridgehead atoms. The second kappa shape index (κ2) is 10.6. The summed E-state index contributed by atoms with van der Waals surface area (Å²) in [6.07, 6.45) is 2.07. The predicted octanol–water partition coefficient (Wildman–Crippen LogP) is 4.12. The number of carbonyl (C=O) groups is 2. The van der Waals surface area contributed by atoms with Gasteiger partial charge in [-0.05, 0) is 50.3 Å². The number of rotatable bonds is 9. The van der Waals surface area contributed by atoms with Crippen molar-refractivity contribution < 1.29 is 9.59 Å². The monoisotopic (exact) mass is 380 g/mol. The molecule has 4 heteroatoms. The zero-order valence-electron chi connectivity index (χ0n) is 17.4. The molecule has 150 valence electrons. The molecule has 0 aliphatic carbocycles. The molecular formula is C24H32N2O2. The van der Waals surface area contributed by atoms with Gasteiger partial charge in [0.15, 0.2) is 0 Å². The quantitative estimate of drug-likeness (QED) is 0.711. The number of hydrogen-bond donors (Lipinski definition) is 1. The lowest BCUT2D eigenvalue weighted by Gasteiger charge is -2.29. The molecule has 4 nitrogen and oxygen atoms in total. The first kappa shape index (κ1) is 21.7. The van der Waals surface area contributed by atoms with Gasteiger partial charge in [-0.25, -0.2) is 0 Å². The summed E-state index contributed by atoms with van der Waals surface area (Å²) in [6.45, 7) is 8.21. The van der Waals surface area contributed by atoms with Crippen LogP contribution >= 0.6 is 0 Å². The van der Waals surface area contributed by atoms with Gasteiger partial charge in [-0.3, -0.25) is 9.59 Å². The van der Waals surface area contributed by atoms with Crippen LogP contribution in [-0.2, 0) is 29.0 Å². The van der Waals surface area contributed by atoms with Gasteiger partial charge in [0.05, 0.1) is 0 Å². The third kappa shape index (κ3) is 6.52. The number of carbonyl (C=O) groups excluding carboxylic acids is 2. The SMILES string of the molecule is CCc1ccc(CCC(=O)N(Cc2ccccc2)[C@@H](C)C(=O)NC(C)C)cc1. The van der Waals surface area contributed by atoms with Crippen LogP contribution in [0.1, 0.15) is 50.8 Å². The molecule has 0 aromatic heterocycles. The summed E-state index contributed by atoms with van der Waals surface area (Å²) in [5.41, 5.74) is 3.46. The fourth-order valence-electron chi connectivity index (χ4n) is 3.10. The molecule has 0 aliphatic rings. The molecule has 1 atom stereocenters. The average Bonchev–Trinajstić information content (AvgIpc) is 2.70. The lowest BCUT2D eigenvalue weighted by Crippen LogP contribution is -2.49. The van der Waals surface area contributed by atoms with Gasteiger partial charge in [0.2, 0.25) is 11.8 Å². The first-order chi connectivity index (χ1) is 13.4. The number of amides is 2. The van der Waals surface area contributed by atoms with Crippen molar-refractivity contribution in [2.75, 3.05) is 0 Å². The van der Waals surface area contributed by atoms with Gasteiger partial charge in [0.25, 0.3) is 0 Å². The number of nitrogens with one attached hydrogen (secondary N) is 1. The Morgan fingerprint density at radius 1 is 0.893 bits per heavy atom. The Morgan fingerprint density at radius 2 is 1.50 bits per heavy atom. The first-order valence-corrected chi connectivity index (χ1v) is 10.1. The molecule has 0 unspecified atom stereocenters. The lowest BCUT2D eigenvalue weighted by molar-refractivity contribution is -0.140. The van der Waals surface area contributed by atoms with Crippen LogP contribution in [0.3, 0.4) is 0 Å². The van der Waals surface area contributed by atoms with Gasteiger partial charge in [-0.15, -0.1) is 0 Å². The Balaban J connectivity index is 2.09. The zero-order chi connectivity index (χ0) is 20.5. The zero-order valence-corrected chi connectivity index (χ0v) is 17.4. The molecule has 2 amide bonds. The summed E-state index contributed by atoms with van der Waals surface area (Å²) in [5, 5.41) is 2.92. The Morgan fingerprint density at radius 3 is 2.07 bits per heavy atom. The van der Waals surface area contributed by atoms with E-state index < -0.39 is 6.04 Å². The maximum atomic E-state index is 13.0. The van der Waals surface area contributed by atoms with E-state index in [1.165, 1.54) is 5.56 Å². The first-order valence-electron chi connectivity index (χ1n) is 10.1. The van der Waals surface area contributed by atoms with Gasteiger partial charge in [-0.1, -0.05) is 61.5 Å². The van der Waals surface area contributed by atoms with Crippen molar-refractivity contribution in [3.63, 3.8) is 0 Å². The lowest BCUT2D eigenvalue weighted by atomic mass is 10.0. The van der Waals surface area contributed by atoms with Crippen molar-refractivity contribution in [1.82, 2.24) is 10.2 Å². The van der Waals surface area contributed by atoms with E-state index in [9.17, 15) is 9.59 Å². The molecule has 2 aromatic rings. The number of nitrogens with zero attached hydrogens (tertiary/aromatic N) is 1. The minimum Gasteiger partial charge on any atom is -0.352 e. The molecule has 28 heavy (non-hydrogen) atoms. The predicted molar refractivity (Wildman–Crippen MR) is 114 cm³/mol. The summed E-state index contributed by atoms with van der Waals surface area (Å²) in [6, 6.07) is 17.7. The smallest absolute Gasteiger partial charge is 0.242 e. The molecular weight excluding hydrogens is 348 g/mol. The topological polar surface area (TPSA) is 49.4 Å². The fraction of sp³-hybridized carbons (Fsp3) is 0.417. The highest BCUT2D eigenvalue weighted by atomic mass is 16.2. The van der Waals surface area contributed by atoms with Crippen LogP contribution in [0.25, 0.3) is 0 Å². The summed E-state index contributed by atoms with van der Waals surface area (Å²) < 4.78 is 0. The van der Waals surface area contributed by atoms with Crippen LogP contribution in [0.4, 0.5) is 0 Å². The molecule has 0 saturated heterocycles. The fourth-order valence-corrected chi connectivity index (χ4v) is 3.10. The van der Waals surface area contributed by atoms with Crippen molar-refractivity contribution >= 4 is 11.8 Å². The van der Waals surface area contributed by atoms with E-state index in [2.05, 4.69) is 36.5 Å². The van der Waals surface area contributed by atoms with E-state index in [1.807, 2.05) is 44.2 Å². The van der Waals surface area contributed by atoms with Gasteiger partial charge >= 0.3 is 0 Å². The maximum Gasteiger partial charge on any atom is 0.242 e. The third-order valence-electron chi connectivity index (χ3n) is 4.85. The Labute approximate surface area is 169 Å². The van der Waals surface area contributed by atoms with Crippen LogP contribution in [-0.4, -0.2) is 28.8 Å². The minimum atomic E-state index is -0.516. The summed E-state index contributed by atoms with van der Waals surface area (Å²) >= 11 is 0. The molecule has 0 spiro atoms. The van der Waals surface area contributed by atoms with E-state index in [0.717, 1.165) is 17.5 Å². The average molecular weight is 381 g/mol. The van der Waals surface area contributed by atoms with E-state index in [0.29, 0.717) is 19.4 Å². The molecule has 0 heterocycles. The Bertz CT molecular complexity index is 754. The standard InChI is InChI=1S/C24H32N2O2/c1-5-20-11-13-21(14-12-20)15-16-23(27)26(17-22-9-7-6-8-10-22)19(4)24(28)25-18(2)3/h6-14,18-19H,5,15-17H2,1-4H3,(H,25,28)/t19-/m0/s1. The molecule has 2 aromatic carbocycles. The maximum absolute atomic E-state index is 13.0. The van der Waals surface area contributed by atoms with Crippen molar-refractivity contribution in [2.45, 2.75) is 65.6 Å². The van der Waals surface area contributed by atoms with Crippen molar-refractivity contribution in [2.24, 2.45) is 0 Å². The molecule has 0 aliphatic heterocycles. The largest absolute Gasteiger partial charge is 0.352 e. The molecule has 0 saturated carbocycles. The number of benzene rings is 2. The van der Waals surface area contributed by atoms with Crippen molar-refractivity contribution in [1.29, 1.82) is 0 Å². The Kier molecular flexibility index (Phi) is 8.24. The van der Waals surface area contributed by atoms with Gasteiger partial charge < -0.3 is 10.2 Å². The van der Waals surface area contributed by atoms with Crippen molar-refractivity contribution in [3.8, 4) is 0 Å². The minimum absolute atomic E-state index is 0.00479.